The van der Waals surface area contributed by atoms with Crippen LogP contribution in [0, 0.1) is 5.82 Å². The summed E-state index contributed by atoms with van der Waals surface area (Å²) in [6.07, 6.45) is -4.31. The predicted molar refractivity (Wildman–Crippen MR) is 66.9 cm³/mol. The van der Waals surface area contributed by atoms with Crippen molar-refractivity contribution in [1.29, 1.82) is 0 Å². The molecule has 1 unspecified atom stereocenters. The highest BCUT2D eigenvalue weighted by molar-refractivity contribution is 5.54. The van der Waals surface area contributed by atoms with Crippen LogP contribution < -0.4 is 5.32 Å². The molecule has 0 amide bonds. The average molecular weight is 303 g/mol. The van der Waals surface area contributed by atoms with Gasteiger partial charge >= 0.3 is 6.18 Å². The van der Waals surface area contributed by atoms with Gasteiger partial charge in [-0.3, -0.25) is 0 Å². The first-order valence-electron chi connectivity index (χ1n) is 6.18. The first kappa shape index (κ1) is 15.4. The van der Waals surface area contributed by atoms with Gasteiger partial charge in [-0.2, -0.15) is 18.2 Å². The van der Waals surface area contributed by atoms with E-state index in [1.807, 2.05) is 6.92 Å². The lowest BCUT2D eigenvalue weighted by atomic mass is 10.1. The van der Waals surface area contributed by atoms with Crippen molar-refractivity contribution in [3.05, 3.63) is 35.4 Å². The summed E-state index contributed by atoms with van der Waals surface area (Å²) >= 11 is 0. The van der Waals surface area contributed by atoms with E-state index in [1.165, 1.54) is 6.07 Å². The van der Waals surface area contributed by atoms with Crippen LogP contribution in [0.3, 0.4) is 0 Å². The van der Waals surface area contributed by atoms with Crippen molar-refractivity contribution < 1.29 is 22.1 Å². The maximum atomic E-state index is 13.2. The fourth-order valence-corrected chi connectivity index (χ4v) is 1.71. The fraction of sp³-hybridized carbons (Fsp3) is 0.385. The quantitative estimate of drug-likeness (QED) is 0.882. The van der Waals surface area contributed by atoms with E-state index in [2.05, 4.69) is 15.5 Å². The van der Waals surface area contributed by atoms with E-state index in [0.717, 1.165) is 6.07 Å². The molecule has 1 N–H and O–H groups in total. The second-order valence-electron chi connectivity index (χ2n) is 4.60. The number of alkyl halides is 3. The highest BCUT2D eigenvalue weighted by atomic mass is 19.4. The Kier molecular flexibility index (Phi) is 4.26. The number of hydrogen-bond donors (Lipinski definition) is 1. The lowest BCUT2D eigenvalue weighted by Gasteiger charge is -2.08. The number of benzene rings is 1. The minimum Gasteiger partial charge on any atom is -0.334 e. The molecule has 4 nitrogen and oxygen atoms in total. The van der Waals surface area contributed by atoms with Crippen LogP contribution in [0.1, 0.15) is 18.3 Å². The highest BCUT2D eigenvalue weighted by Crippen LogP contribution is 2.33. The first-order chi connectivity index (χ1) is 9.81. The van der Waals surface area contributed by atoms with E-state index in [-0.39, 0.29) is 17.5 Å². The Hall–Kier alpha value is -1.96. The van der Waals surface area contributed by atoms with Gasteiger partial charge in [-0.25, -0.2) is 4.39 Å². The number of nitrogens with one attached hydrogen (secondary N) is 1. The average Bonchev–Trinajstić information content (AvgIpc) is 2.86. The standard InChI is InChI=1S/C13H13F4N3O/c1-7(18-2)5-11-19-12(21-20-11)8-3-4-10(14)9(6-8)13(15,16)17/h3-4,6-7,18H,5H2,1-2H3. The van der Waals surface area contributed by atoms with E-state index >= 15 is 0 Å². The van der Waals surface area contributed by atoms with Crippen molar-refractivity contribution in [3.63, 3.8) is 0 Å². The van der Waals surface area contributed by atoms with E-state index < -0.39 is 17.6 Å². The molecule has 0 aliphatic carbocycles. The highest BCUT2D eigenvalue weighted by Gasteiger charge is 2.34. The molecule has 2 rings (SSSR count). The molecule has 0 fully saturated rings. The second-order valence-corrected chi connectivity index (χ2v) is 4.60. The maximum absolute atomic E-state index is 13.2. The molecule has 0 bridgehead atoms. The van der Waals surface area contributed by atoms with Gasteiger partial charge in [0, 0.05) is 18.0 Å². The van der Waals surface area contributed by atoms with Gasteiger partial charge in [-0.1, -0.05) is 5.16 Å². The van der Waals surface area contributed by atoms with Crippen molar-refractivity contribution in [3.8, 4) is 11.5 Å². The molecular formula is C13H13F4N3O. The largest absolute Gasteiger partial charge is 0.419 e. The molecule has 0 aliphatic heterocycles. The lowest BCUT2D eigenvalue weighted by Crippen LogP contribution is -2.24. The number of aromatic nitrogens is 2. The van der Waals surface area contributed by atoms with Gasteiger partial charge in [0.1, 0.15) is 5.82 Å². The molecule has 0 aliphatic rings. The van der Waals surface area contributed by atoms with Gasteiger partial charge in [-0.15, -0.1) is 0 Å². The number of nitrogens with zero attached hydrogens (tertiary/aromatic N) is 2. The van der Waals surface area contributed by atoms with E-state index in [4.69, 9.17) is 4.52 Å². The van der Waals surface area contributed by atoms with Crippen molar-refractivity contribution in [2.45, 2.75) is 25.6 Å². The van der Waals surface area contributed by atoms with Gasteiger partial charge in [0.05, 0.1) is 5.56 Å². The third-order valence-corrected chi connectivity index (χ3v) is 2.97. The van der Waals surface area contributed by atoms with Crippen molar-refractivity contribution in [2.75, 3.05) is 7.05 Å². The Morgan fingerprint density at radius 1 is 1.33 bits per heavy atom. The van der Waals surface area contributed by atoms with Gasteiger partial charge in [0.2, 0.25) is 0 Å². The summed E-state index contributed by atoms with van der Waals surface area (Å²) in [5, 5.41) is 6.67. The van der Waals surface area contributed by atoms with E-state index in [9.17, 15) is 17.6 Å². The number of rotatable bonds is 4. The van der Waals surface area contributed by atoms with Gasteiger partial charge in [-0.05, 0) is 32.2 Å². The van der Waals surface area contributed by atoms with Gasteiger partial charge < -0.3 is 9.84 Å². The summed E-state index contributed by atoms with van der Waals surface area (Å²) in [7, 11) is 1.77. The Morgan fingerprint density at radius 3 is 2.67 bits per heavy atom. The van der Waals surface area contributed by atoms with Crippen LogP contribution in [-0.2, 0) is 12.6 Å². The molecule has 114 valence electrons. The van der Waals surface area contributed by atoms with Crippen molar-refractivity contribution in [1.82, 2.24) is 15.5 Å². The van der Waals surface area contributed by atoms with Crippen LogP contribution >= 0.6 is 0 Å². The zero-order valence-electron chi connectivity index (χ0n) is 11.3. The monoisotopic (exact) mass is 303 g/mol. The molecule has 0 spiro atoms. The van der Waals surface area contributed by atoms with Gasteiger partial charge in [0.15, 0.2) is 5.82 Å². The van der Waals surface area contributed by atoms with Crippen LogP contribution in [0.2, 0.25) is 0 Å². The maximum Gasteiger partial charge on any atom is 0.419 e. The first-order valence-corrected chi connectivity index (χ1v) is 6.18. The van der Waals surface area contributed by atoms with Crippen LogP contribution in [0.25, 0.3) is 11.5 Å². The number of halogens is 4. The van der Waals surface area contributed by atoms with E-state index in [0.29, 0.717) is 18.3 Å². The zero-order chi connectivity index (χ0) is 15.6. The minimum absolute atomic E-state index is 0.0274. The summed E-state index contributed by atoms with van der Waals surface area (Å²) < 4.78 is 56.1. The number of likely N-dealkylation sites (N-methyl/N-ethyl adjacent to an activating group) is 1. The summed E-state index contributed by atoms with van der Waals surface area (Å²) in [6.45, 7) is 1.90. The third-order valence-electron chi connectivity index (χ3n) is 2.97. The van der Waals surface area contributed by atoms with Crippen LogP contribution in [0.4, 0.5) is 17.6 Å². The summed E-state index contributed by atoms with van der Waals surface area (Å²) in [5.41, 5.74) is -1.33. The third kappa shape index (κ3) is 3.57. The second kappa shape index (κ2) is 5.80. The molecule has 1 atom stereocenters. The topological polar surface area (TPSA) is 51.0 Å². The fourth-order valence-electron chi connectivity index (χ4n) is 1.71. The molecule has 1 aromatic heterocycles. The normalized spacial score (nSPS) is 13.4. The molecule has 8 heteroatoms. The summed E-state index contributed by atoms with van der Waals surface area (Å²) in [6, 6.07) is 2.66. The molecular weight excluding hydrogens is 290 g/mol. The van der Waals surface area contributed by atoms with Crippen LogP contribution in [0.5, 0.6) is 0 Å². The Balaban J connectivity index is 2.31. The van der Waals surface area contributed by atoms with Gasteiger partial charge in [0.25, 0.3) is 5.89 Å². The minimum atomic E-state index is -4.77. The zero-order valence-corrected chi connectivity index (χ0v) is 11.3. The smallest absolute Gasteiger partial charge is 0.334 e. The molecule has 0 radical (unpaired) electrons. The lowest BCUT2D eigenvalue weighted by molar-refractivity contribution is -0.139. The van der Waals surface area contributed by atoms with Crippen molar-refractivity contribution >= 4 is 0 Å². The molecule has 1 aromatic carbocycles. The Morgan fingerprint density at radius 2 is 2.05 bits per heavy atom. The van der Waals surface area contributed by atoms with Crippen molar-refractivity contribution in [2.24, 2.45) is 0 Å². The van der Waals surface area contributed by atoms with Crippen LogP contribution in [0.15, 0.2) is 22.7 Å². The molecule has 0 saturated heterocycles. The summed E-state index contributed by atoms with van der Waals surface area (Å²) in [4.78, 5) is 4.01. The number of hydrogen-bond acceptors (Lipinski definition) is 4. The van der Waals surface area contributed by atoms with E-state index in [1.54, 1.807) is 7.05 Å². The Bertz CT molecular complexity index is 624. The Labute approximate surface area is 118 Å². The SMILES string of the molecule is CNC(C)Cc1noc(-c2ccc(F)c(C(F)(F)F)c2)n1. The molecule has 2 aromatic rings. The predicted octanol–water partition coefficient (Wildman–Crippen LogP) is 3.04. The molecule has 1 heterocycles. The molecule has 0 saturated carbocycles. The molecule has 21 heavy (non-hydrogen) atoms. The summed E-state index contributed by atoms with van der Waals surface area (Å²) in [5.74, 6) is -1.04. The van der Waals surface area contributed by atoms with Crippen LogP contribution in [-0.4, -0.2) is 23.2 Å².